The Hall–Kier alpha value is -2.63. The van der Waals surface area contributed by atoms with Crippen molar-refractivity contribution in [1.82, 2.24) is 15.5 Å². The number of amides is 3. The third-order valence-corrected chi connectivity index (χ3v) is 3.87. The highest BCUT2D eigenvalue weighted by Gasteiger charge is 2.36. The summed E-state index contributed by atoms with van der Waals surface area (Å²) in [4.78, 5) is 36.6. The van der Waals surface area contributed by atoms with Crippen molar-refractivity contribution in [2.75, 3.05) is 6.54 Å². The molecule has 114 valence electrons. The van der Waals surface area contributed by atoms with Gasteiger partial charge in [-0.05, 0) is 12.0 Å². The summed E-state index contributed by atoms with van der Waals surface area (Å²) in [5.41, 5.74) is 1.91. The van der Waals surface area contributed by atoms with Crippen LogP contribution in [-0.4, -0.2) is 35.2 Å². The standard InChI is InChI=1S/C16H17N3O3/c20-14-7-6-13(16(22)18-14)19-10-12(8-15(19)21)17-9-11-4-2-1-3-5-11/h1-5,8,13,17H,6-7,9-10H2,(H,18,20,22). The van der Waals surface area contributed by atoms with Crippen LogP contribution in [0.1, 0.15) is 18.4 Å². The van der Waals surface area contributed by atoms with Gasteiger partial charge in [0.2, 0.25) is 17.7 Å². The van der Waals surface area contributed by atoms with Gasteiger partial charge in [-0.15, -0.1) is 0 Å². The second-order valence-corrected chi connectivity index (χ2v) is 5.44. The van der Waals surface area contributed by atoms with Crippen molar-refractivity contribution in [2.45, 2.75) is 25.4 Å². The van der Waals surface area contributed by atoms with E-state index in [4.69, 9.17) is 0 Å². The van der Waals surface area contributed by atoms with Crippen molar-refractivity contribution >= 4 is 17.7 Å². The molecule has 0 aliphatic carbocycles. The van der Waals surface area contributed by atoms with E-state index in [-0.39, 0.29) is 24.1 Å². The van der Waals surface area contributed by atoms with Gasteiger partial charge in [0.05, 0.1) is 6.54 Å². The first kappa shape index (κ1) is 14.3. The van der Waals surface area contributed by atoms with Crippen molar-refractivity contribution in [1.29, 1.82) is 0 Å². The van der Waals surface area contributed by atoms with Crippen molar-refractivity contribution in [2.24, 2.45) is 0 Å². The van der Waals surface area contributed by atoms with Gasteiger partial charge in [-0.3, -0.25) is 19.7 Å². The first-order chi connectivity index (χ1) is 10.6. The Morgan fingerprint density at radius 1 is 1.18 bits per heavy atom. The van der Waals surface area contributed by atoms with E-state index in [0.29, 0.717) is 19.5 Å². The molecule has 1 unspecified atom stereocenters. The Bertz CT molecular complexity index is 639. The molecule has 1 aromatic rings. The van der Waals surface area contributed by atoms with E-state index in [1.807, 2.05) is 30.3 Å². The van der Waals surface area contributed by atoms with Gasteiger partial charge in [-0.25, -0.2) is 0 Å². The van der Waals surface area contributed by atoms with Crippen molar-refractivity contribution in [3.63, 3.8) is 0 Å². The lowest BCUT2D eigenvalue weighted by molar-refractivity contribution is -0.142. The zero-order valence-corrected chi connectivity index (χ0v) is 12.0. The van der Waals surface area contributed by atoms with E-state index in [9.17, 15) is 14.4 Å². The number of benzene rings is 1. The van der Waals surface area contributed by atoms with E-state index in [0.717, 1.165) is 11.3 Å². The fraction of sp³-hybridized carbons (Fsp3) is 0.312. The number of hydrogen-bond donors (Lipinski definition) is 2. The molecule has 0 radical (unpaired) electrons. The van der Waals surface area contributed by atoms with Crippen LogP contribution >= 0.6 is 0 Å². The summed E-state index contributed by atoms with van der Waals surface area (Å²) in [5, 5.41) is 5.51. The molecule has 2 aliphatic rings. The van der Waals surface area contributed by atoms with Gasteiger partial charge in [0.1, 0.15) is 6.04 Å². The van der Waals surface area contributed by atoms with Crippen LogP contribution in [0, 0.1) is 0 Å². The average molecular weight is 299 g/mol. The number of carbonyl (C=O) groups excluding carboxylic acids is 3. The second-order valence-electron chi connectivity index (χ2n) is 5.44. The summed E-state index contributed by atoms with van der Waals surface area (Å²) in [6.07, 6.45) is 2.18. The molecule has 0 aromatic heterocycles. The fourth-order valence-corrected chi connectivity index (χ4v) is 2.70. The van der Waals surface area contributed by atoms with Crippen molar-refractivity contribution in [3.05, 3.63) is 47.7 Å². The highest BCUT2D eigenvalue weighted by molar-refractivity contribution is 6.03. The van der Waals surface area contributed by atoms with Gasteiger partial charge in [0, 0.05) is 24.7 Å². The molecular formula is C16H17N3O3. The monoisotopic (exact) mass is 299 g/mol. The molecule has 0 bridgehead atoms. The third kappa shape index (κ3) is 3.00. The largest absolute Gasteiger partial charge is 0.383 e. The average Bonchev–Trinajstić information content (AvgIpc) is 2.87. The molecule has 1 saturated heterocycles. The van der Waals surface area contributed by atoms with Crippen LogP contribution in [0.15, 0.2) is 42.1 Å². The van der Waals surface area contributed by atoms with Crippen molar-refractivity contribution in [3.8, 4) is 0 Å². The minimum Gasteiger partial charge on any atom is -0.383 e. The Balaban J connectivity index is 1.59. The summed E-state index contributed by atoms with van der Waals surface area (Å²) in [7, 11) is 0. The molecule has 2 heterocycles. The van der Waals surface area contributed by atoms with Gasteiger partial charge in [0.25, 0.3) is 0 Å². The fourth-order valence-electron chi connectivity index (χ4n) is 2.70. The SMILES string of the molecule is O=C1CCC(N2CC(NCc3ccccc3)=CC2=O)C(=O)N1. The Kier molecular flexibility index (Phi) is 3.91. The molecule has 2 aliphatic heterocycles. The Morgan fingerprint density at radius 3 is 2.68 bits per heavy atom. The molecule has 3 amide bonds. The first-order valence-corrected chi connectivity index (χ1v) is 7.26. The number of hydrogen-bond acceptors (Lipinski definition) is 4. The summed E-state index contributed by atoms with van der Waals surface area (Å²) >= 11 is 0. The number of imide groups is 1. The predicted octanol–water partition coefficient (Wildman–Crippen LogP) is 0.307. The van der Waals surface area contributed by atoms with E-state index >= 15 is 0 Å². The van der Waals surface area contributed by atoms with Crippen LogP contribution in [-0.2, 0) is 20.9 Å². The number of nitrogens with zero attached hydrogens (tertiary/aromatic N) is 1. The van der Waals surface area contributed by atoms with Crippen LogP contribution in [0.25, 0.3) is 0 Å². The van der Waals surface area contributed by atoms with E-state index in [2.05, 4.69) is 10.6 Å². The van der Waals surface area contributed by atoms with Gasteiger partial charge in [-0.2, -0.15) is 0 Å². The molecule has 0 saturated carbocycles. The molecule has 22 heavy (non-hydrogen) atoms. The van der Waals surface area contributed by atoms with Gasteiger partial charge >= 0.3 is 0 Å². The number of piperidine rings is 1. The lowest BCUT2D eigenvalue weighted by Crippen LogP contribution is -2.53. The lowest BCUT2D eigenvalue weighted by Gasteiger charge is -2.29. The highest BCUT2D eigenvalue weighted by atomic mass is 16.2. The smallest absolute Gasteiger partial charge is 0.249 e. The van der Waals surface area contributed by atoms with E-state index in [1.54, 1.807) is 0 Å². The van der Waals surface area contributed by atoms with Gasteiger partial charge < -0.3 is 10.2 Å². The zero-order valence-electron chi connectivity index (χ0n) is 12.0. The maximum atomic E-state index is 12.1. The highest BCUT2D eigenvalue weighted by Crippen LogP contribution is 2.18. The molecule has 6 heteroatoms. The number of rotatable bonds is 4. The topological polar surface area (TPSA) is 78.5 Å². The summed E-state index contributed by atoms with van der Waals surface area (Å²) < 4.78 is 0. The van der Waals surface area contributed by atoms with E-state index < -0.39 is 6.04 Å². The van der Waals surface area contributed by atoms with Crippen molar-refractivity contribution < 1.29 is 14.4 Å². The molecule has 2 N–H and O–H groups in total. The maximum Gasteiger partial charge on any atom is 0.249 e. The second kappa shape index (κ2) is 6.01. The summed E-state index contributed by atoms with van der Waals surface area (Å²) in [6, 6.07) is 9.32. The van der Waals surface area contributed by atoms with Crippen LogP contribution in [0.4, 0.5) is 0 Å². The van der Waals surface area contributed by atoms with Crippen LogP contribution in [0.5, 0.6) is 0 Å². The van der Waals surface area contributed by atoms with Crippen LogP contribution in [0.3, 0.4) is 0 Å². The number of carbonyl (C=O) groups is 3. The van der Waals surface area contributed by atoms with Crippen LogP contribution < -0.4 is 10.6 Å². The Morgan fingerprint density at radius 2 is 1.95 bits per heavy atom. The first-order valence-electron chi connectivity index (χ1n) is 7.26. The number of nitrogens with one attached hydrogen (secondary N) is 2. The van der Waals surface area contributed by atoms with Gasteiger partial charge in [0.15, 0.2) is 0 Å². The molecule has 1 aromatic carbocycles. The molecular weight excluding hydrogens is 282 g/mol. The quantitative estimate of drug-likeness (QED) is 0.784. The van der Waals surface area contributed by atoms with Gasteiger partial charge in [-0.1, -0.05) is 30.3 Å². The minimum atomic E-state index is -0.558. The van der Waals surface area contributed by atoms with Crippen LogP contribution in [0.2, 0.25) is 0 Å². The predicted molar refractivity (Wildman–Crippen MR) is 79.2 cm³/mol. The summed E-state index contributed by atoms with van der Waals surface area (Å²) in [5.74, 6) is -0.851. The molecule has 3 rings (SSSR count). The third-order valence-electron chi connectivity index (χ3n) is 3.87. The molecule has 1 fully saturated rings. The zero-order chi connectivity index (χ0) is 15.5. The lowest BCUT2D eigenvalue weighted by atomic mass is 10.0. The minimum absolute atomic E-state index is 0.190. The summed E-state index contributed by atoms with van der Waals surface area (Å²) in [6.45, 7) is 1.00. The normalized spacial score (nSPS) is 21.6. The van der Waals surface area contributed by atoms with E-state index in [1.165, 1.54) is 11.0 Å². The maximum absolute atomic E-state index is 12.1. The molecule has 6 nitrogen and oxygen atoms in total. The molecule has 0 spiro atoms. The molecule has 1 atom stereocenters. The Labute approximate surface area is 128 Å².